The summed E-state index contributed by atoms with van der Waals surface area (Å²) in [6.45, 7) is 8.49. The van der Waals surface area contributed by atoms with Crippen molar-refractivity contribution in [1.82, 2.24) is 15.0 Å². The van der Waals surface area contributed by atoms with Crippen molar-refractivity contribution < 1.29 is 18.9 Å². The Balaban J connectivity index is 1.95. The molecule has 8 nitrogen and oxygen atoms in total. The van der Waals surface area contributed by atoms with Gasteiger partial charge >= 0.3 is 0 Å². The highest BCUT2D eigenvalue weighted by molar-refractivity contribution is 5.96. The minimum absolute atomic E-state index is 0.0696. The van der Waals surface area contributed by atoms with Crippen LogP contribution in [-0.2, 0) is 9.59 Å². The highest BCUT2D eigenvalue weighted by Crippen LogP contribution is 2.22. The van der Waals surface area contributed by atoms with E-state index in [2.05, 4.69) is 5.16 Å². The van der Waals surface area contributed by atoms with Crippen LogP contribution < -0.4 is 5.73 Å². The summed E-state index contributed by atoms with van der Waals surface area (Å²) < 4.78 is 5.04. The van der Waals surface area contributed by atoms with Gasteiger partial charge in [0.15, 0.2) is 0 Å². The van der Waals surface area contributed by atoms with E-state index in [9.17, 15) is 14.4 Å². The van der Waals surface area contributed by atoms with Crippen molar-refractivity contribution in [3.8, 4) is 0 Å². The first kappa shape index (κ1) is 18.0. The molecule has 132 valence electrons. The van der Waals surface area contributed by atoms with Gasteiger partial charge in [-0.3, -0.25) is 14.4 Å². The summed E-state index contributed by atoms with van der Waals surface area (Å²) in [7, 11) is 0. The maximum absolute atomic E-state index is 12.6. The second-order valence-corrected chi connectivity index (χ2v) is 6.80. The lowest BCUT2D eigenvalue weighted by molar-refractivity contribution is -0.139. The summed E-state index contributed by atoms with van der Waals surface area (Å²) in [6.07, 6.45) is 0.0696. The van der Waals surface area contributed by atoms with E-state index in [4.69, 9.17) is 10.3 Å². The first-order valence-corrected chi connectivity index (χ1v) is 7.93. The van der Waals surface area contributed by atoms with E-state index in [1.807, 2.05) is 0 Å². The SMILES string of the molecule is Cc1noc(C)c1C(=O)N1CCN(C(=O)CC(C)(C)C(N)=O)CC1. The summed E-state index contributed by atoms with van der Waals surface area (Å²) in [4.78, 5) is 39.6. The molecule has 24 heavy (non-hydrogen) atoms. The fraction of sp³-hybridized carbons (Fsp3) is 0.625. The Kier molecular flexibility index (Phi) is 4.96. The number of rotatable bonds is 4. The molecule has 1 fully saturated rings. The van der Waals surface area contributed by atoms with Crippen LogP contribution in [0.25, 0.3) is 0 Å². The maximum atomic E-state index is 12.6. The van der Waals surface area contributed by atoms with Gasteiger partial charge in [0, 0.05) is 32.6 Å². The zero-order valence-corrected chi connectivity index (χ0v) is 14.6. The van der Waals surface area contributed by atoms with E-state index in [0.717, 1.165) is 0 Å². The third-order valence-corrected chi connectivity index (χ3v) is 4.43. The van der Waals surface area contributed by atoms with Gasteiger partial charge in [0.05, 0.1) is 11.1 Å². The first-order valence-electron chi connectivity index (χ1n) is 7.93. The van der Waals surface area contributed by atoms with Gasteiger partial charge in [-0.1, -0.05) is 19.0 Å². The third-order valence-electron chi connectivity index (χ3n) is 4.43. The fourth-order valence-electron chi connectivity index (χ4n) is 2.68. The van der Waals surface area contributed by atoms with Crippen LogP contribution in [0.4, 0.5) is 0 Å². The predicted octanol–water partition coefficient (Wildman–Crippen LogP) is 0.477. The number of amides is 3. The van der Waals surface area contributed by atoms with Gasteiger partial charge in [0.1, 0.15) is 11.3 Å². The number of primary amides is 1. The van der Waals surface area contributed by atoms with Crippen molar-refractivity contribution >= 4 is 17.7 Å². The second kappa shape index (κ2) is 6.62. The molecule has 8 heteroatoms. The van der Waals surface area contributed by atoms with Crippen LogP contribution >= 0.6 is 0 Å². The van der Waals surface area contributed by atoms with Crippen LogP contribution in [0.2, 0.25) is 0 Å². The monoisotopic (exact) mass is 336 g/mol. The number of nitrogens with two attached hydrogens (primary N) is 1. The molecule has 1 aliphatic heterocycles. The van der Waals surface area contributed by atoms with Gasteiger partial charge in [0.25, 0.3) is 5.91 Å². The van der Waals surface area contributed by atoms with E-state index < -0.39 is 11.3 Å². The molecule has 0 unspecified atom stereocenters. The van der Waals surface area contributed by atoms with Gasteiger partial charge in [-0.15, -0.1) is 0 Å². The van der Waals surface area contributed by atoms with Crippen molar-refractivity contribution in [2.45, 2.75) is 34.1 Å². The van der Waals surface area contributed by atoms with E-state index in [1.54, 1.807) is 37.5 Å². The molecule has 0 saturated carbocycles. The smallest absolute Gasteiger partial charge is 0.259 e. The molecule has 0 atom stereocenters. The van der Waals surface area contributed by atoms with Gasteiger partial charge in [-0.05, 0) is 13.8 Å². The van der Waals surface area contributed by atoms with Crippen LogP contribution in [0.5, 0.6) is 0 Å². The van der Waals surface area contributed by atoms with Gasteiger partial charge in [0.2, 0.25) is 11.8 Å². The molecule has 0 spiro atoms. The van der Waals surface area contributed by atoms with E-state index in [1.165, 1.54) is 0 Å². The van der Waals surface area contributed by atoms with E-state index in [-0.39, 0.29) is 18.2 Å². The zero-order valence-electron chi connectivity index (χ0n) is 14.6. The number of carbonyl (C=O) groups excluding carboxylic acids is 3. The molecule has 0 bridgehead atoms. The van der Waals surface area contributed by atoms with E-state index in [0.29, 0.717) is 43.2 Å². The first-order chi connectivity index (χ1) is 11.1. The Bertz CT molecular complexity index is 638. The number of piperazine rings is 1. The Morgan fingerprint density at radius 2 is 1.67 bits per heavy atom. The average molecular weight is 336 g/mol. The highest BCUT2D eigenvalue weighted by atomic mass is 16.5. The van der Waals surface area contributed by atoms with Crippen LogP contribution in [0.3, 0.4) is 0 Å². The quantitative estimate of drug-likeness (QED) is 0.860. The summed E-state index contributed by atoms with van der Waals surface area (Å²) in [5, 5.41) is 3.80. The van der Waals surface area contributed by atoms with Gasteiger partial charge in [-0.2, -0.15) is 0 Å². The number of carbonyl (C=O) groups is 3. The molecule has 1 aromatic heterocycles. The number of aromatic nitrogens is 1. The normalized spacial score (nSPS) is 15.5. The van der Waals surface area contributed by atoms with Gasteiger partial charge in [-0.25, -0.2) is 0 Å². The zero-order chi connectivity index (χ0) is 18.1. The molecular formula is C16H24N4O4. The highest BCUT2D eigenvalue weighted by Gasteiger charge is 2.33. The standard InChI is InChI=1S/C16H24N4O4/c1-10-13(11(2)24-18-10)14(22)20-7-5-19(6-8-20)12(21)9-16(3,4)15(17)23/h5-9H2,1-4H3,(H2,17,23). The fourth-order valence-corrected chi connectivity index (χ4v) is 2.68. The summed E-state index contributed by atoms with van der Waals surface area (Å²) in [5.41, 5.74) is 5.50. The molecule has 0 radical (unpaired) electrons. The lowest BCUT2D eigenvalue weighted by Crippen LogP contribution is -2.51. The second-order valence-electron chi connectivity index (χ2n) is 6.80. The number of nitrogens with zero attached hydrogens (tertiary/aromatic N) is 3. The number of hydrogen-bond donors (Lipinski definition) is 1. The van der Waals surface area contributed by atoms with Crippen molar-refractivity contribution in [2.75, 3.05) is 26.2 Å². The topological polar surface area (TPSA) is 110 Å². The van der Waals surface area contributed by atoms with Crippen LogP contribution in [-0.4, -0.2) is 58.9 Å². The number of hydrogen-bond acceptors (Lipinski definition) is 5. The lowest BCUT2D eigenvalue weighted by atomic mass is 9.88. The molecule has 1 aromatic rings. The van der Waals surface area contributed by atoms with Crippen molar-refractivity contribution in [3.63, 3.8) is 0 Å². The van der Waals surface area contributed by atoms with Crippen molar-refractivity contribution in [2.24, 2.45) is 11.1 Å². The Hall–Kier alpha value is -2.38. The molecular weight excluding hydrogens is 312 g/mol. The van der Waals surface area contributed by atoms with Crippen LogP contribution in [0, 0.1) is 19.3 Å². The predicted molar refractivity (Wildman–Crippen MR) is 86.1 cm³/mol. The molecule has 0 aromatic carbocycles. The van der Waals surface area contributed by atoms with Gasteiger partial charge < -0.3 is 20.1 Å². The minimum atomic E-state index is -0.874. The molecule has 3 amide bonds. The molecule has 1 saturated heterocycles. The summed E-state index contributed by atoms with van der Waals surface area (Å²) in [5.74, 6) is -0.249. The van der Waals surface area contributed by atoms with Crippen LogP contribution in [0.1, 0.15) is 42.1 Å². The molecule has 1 aliphatic rings. The maximum Gasteiger partial charge on any atom is 0.259 e. The van der Waals surface area contributed by atoms with Crippen LogP contribution in [0.15, 0.2) is 4.52 Å². The van der Waals surface area contributed by atoms with Crippen molar-refractivity contribution in [1.29, 1.82) is 0 Å². The minimum Gasteiger partial charge on any atom is -0.369 e. The number of aryl methyl sites for hydroxylation is 2. The average Bonchev–Trinajstić information content (AvgIpc) is 2.85. The lowest BCUT2D eigenvalue weighted by Gasteiger charge is -2.36. The molecule has 0 aliphatic carbocycles. The van der Waals surface area contributed by atoms with E-state index >= 15 is 0 Å². The van der Waals surface area contributed by atoms with Crippen molar-refractivity contribution in [3.05, 3.63) is 17.0 Å². The Morgan fingerprint density at radius 3 is 2.12 bits per heavy atom. The molecule has 2 rings (SSSR count). The Labute approximate surface area is 140 Å². The third kappa shape index (κ3) is 3.58. The molecule has 2 heterocycles. The largest absolute Gasteiger partial charge is 0.369 e. The Morgan fingerprint density at radius 1 is 1.12 bits per heavy atom. The molecule has 2 N–H and O–H groups in total. The summed E-state index contributed by atoms with van der Waals surface area (Å²) >= 11 is 0. The summed E-state index contributed by atoms with van der Waals surface area (Å²) in [6, 6.07) is 0.